The lowest BCUT2D eigenvalue weighted by Crippen LogP contribution is -2.14. The minimum Gasteiger partial charge on any atom is -0.494 e. The number of carbonyl (C=O) groups excluding carboxylic acids is 2. The van der Waals surface area contributed by atoms with Gasteiger partial charge in [-0.05, 0) is 73.5 Å². The van der Waals surface area contributed by atoms with E-state index in [0.717, 1.165) is 23.4 Å². The first kappa shape index (κ1) is 20.1. The zero-order valence-electron chi connectivity index (χ0n) is 16.6. The molecule has 0 atom stereocenters. The van der Waals surface area contributed by atoms with Crippen LogP contribution in [0.5, 0.6) is 5.75 Å². The molecule has 3 aromatic rings. The van der Waals surface area contributed by atoms with Gasteiger partial charge in [0.15, 0.2) is 0 Å². The topological polar surface area (TPSA) is 67.4 Å². The zero-order valence-corrected chi connectivity index (χ0v) is 16.6. The van der Waals surface area contributed by atoms with E-state index in [0.29, 0.717) is 23.4 Å². The van der Waals surface area contributed by atoms with Gasteiger partial charge in [0.05, 0.1) is 6.61 Å². The van der Waals surface area contributed by atoms with Gasteiger partial charge < -0.3 is 15.4 Å². The Bertz CT molecular complexity index is 997. The number of hydrogen-bond acceptors (Lipinski definition) is 3. The van der Waals surface area contributed by atoms with Crippen molar-refractivity contribution in [3.63, 3.8) is 0 Å². The molecule has 0 bridgehead atoms. The van der Waals surface area contributed by atoms with Gasteiger partial charge in [-0.25, -0.2) is 0 Å². The summed E-state index contributed by atoms with van der Waals surface area (Å²) in [5.41, 5.74) is 3.33. The molecule has 5 heteroatoms. The van der Waals surface area contributed by atoms with Crippen LogP contribution >= 0.6 is 0 Å². The maximum atomic E-state index is 12.5. The summed E-state index contributed by atoms with van der Waals surface area (Å²) in [7, 11) is 0. The molecular formula is C24H24N2O3. The molecule has 0 spiro atoms. The lowest BCUT2D eigenvalue weighted by molar-refractivity contribution is 0.101. The summed E-state index contributed by atoms with van der Waals surface area (Å²) in [6.07, 6.45) is 0.927. The van der Waals surface area contributed by atoms with Crippen LogP contribution in [-0.2, 0) is 0 Å². The number of nitrogens with one attached hydrogen (secondary N) is 2. The summed E-state index contributed by atoms with van der Waals surface area (Å²) in [6, 6.07) is 21.4. The molecule has 0 aliphatic carbocycles. The first-order chi connectivity index (χ1) is 14.0. The van der Waals surface area contributed by atoms with Gasteiger partial charge in [0.2, 0.25) is 0 Å². The van der Waals surface area contributed by atoms with Gasteiger partial charge in [-0.3, -0.25) is 9.59 Å². The van der Waals surface area contributed by atoms with E-state index in [4.69, 9.17) is 4.74 Å². The molecule has 29 heavy (non-hydrogen) atoms. The third kappa shape index (κ3) is 5.69. The molecule has 0 saturated carbocycles. The molecule has 2 N–H and O–H groups in total. The highest BCUT2D eigenvalue weighted by Gasteiger charge is 2.10. The van der Waals surface area contributed by atoms with Gasteiger partial charge in [0.1, 0.15) is 5.75 Å². The molecule has 0 fully saturated rings. The zero-order chi connectivity index (χ0) is 20.6. The monoisotopic (exact) mass is 388 g/mol. The van der Waals surface area contributed by atoms with Crippen LogP contribution in [0, 0.1) is 6.92 Å². The Morgan fingerprint density at radius 3 is 2.07 bits per heavy atom. The fourth-order valence-corrected chi connectivity index (χ4v) is 2.79. The van der Waals surface area contributed by atoms with E-state index >= 15 is 0 Å². The van der Waals surface area contributed by atoms with E-state index in [1.54, 1.807) is 48.5 Å². The van der Waals surface area contributed by atoms with Crippen LogP contribution in [0.2, 0.25) is 0 Å². The van der Waals surface area contributed by atoms with Gasteiger partial charge in [-0.15, -0.1) is 0 Å². The average Bonchev–Trinajstić information content (AvgIpc) is 2.73. The van der Waals surface area contributed by atoms with E-state index in [-0.39, 0.29) is 11.8 Å². The first-order valence-corrected chi connectivity index (χ1v) is 9.57. The Kier molecular flexibility index (Phi) is 6.63. The summed E-state index contributed by atoms with van der Waals surface area (Å²) < 4.78 is 5.53. The van der Waals surface area contributed by atoms with Crippen molar-refractivity contribution >= 4 is 23.2 Å². The smallest absolute Gasteiger partial charge is 0.255 e. The number of carbonyl (C=O) groups is 2. The molecule has 0 radical (unpaired) electrons. The van der Waals surface area contributed by atoms with E-state index in [1.165, 1.54) is 0 Å². The summed E-state index contributed by atoms with van der Waals surface area (Å²) in [6.45, 7) is 4.65. The number of benzene rings is 3. The molecule has 0 heterocycles. The predicted molar refractivity (Wildman–Crippen MR) is 116 cm³/mol. The van der Waals surface area contributed by atoms with Crippen LogP contribution in [0.1, 0.15) is 39.6 Å². The van der Waals surface area contributed by atoms with Crippen LogP contribution in [0.15, 0.2) is 72.8 Å². The van der Waals surface area contributed by atoms with Crippen LogP contribution in [0.3, 0.4) is 0 Å². The molecule has 3 aromatic carbocycles. The highest BCUT2D eigenvalue weighted by molar-refractivity contribution is 6.07. The van der Waals surface area contributed by atoms with Crippen LogP contribution in [0.25, 0.3) is 0 Å². The van der Waals surface area contributed by atoms with Crippen molar-refractivity contribution in [2.75, 3.05) is 17.2 Å². The maximum absolute atomic E-state index is 12.5. The molecule has 5 nitrogen and oxygen atoms in total. The highest BCUT2D eigenvalue weighted by Crippen LogP contribution is 2.17. The first-order valence-electron chi connectivity index (χ1n) is 9.57. The number of rotatable bonds is 7. The molecule has 0 unspecified atom stereocenters. The summed E-state index contributed by atoms with van der Waals surface area (Å²) >= 11 is 0. The number of ether oxygens (including phenoxy) is 1. The molecular weight excluding hydrogens is 364 g/mol. The van der Waals surface area contributed by atoms with Gasteiger partial charge in [-0.1, -0.05) is 25.1 Å². The van der Waals surface area contributed by atoms with Crippen molar-refractivity contribution in [2.45, 2.75) is 20.3 Å². The molecule has 0 aliphatic heterocycles. The number of hydrogen-bond donors (Lipinski definition) is 2. The van der Waals surface area contributed by atoms with Crippen LogP contribution in [0.4, 0.5) is 11.4 Å². The molecule has 0 aliphatic rings. The molecule has 0 saturated heterocycles. The largest absolute Gasteiger partial charge is 0.494 e. The van der Waals surface area contributed by atoms with Gasteiger partial charge in [0, 0.05) is 22.5 Å². The minimum absolute atomic E-state index is 0.232. The second kappa shape index (κ2) is 9.55. The van der Waals surface area contributed by atoms with Crippen molar-refractivity contribution in [1.29, 1.82) is 0 Å². The third-order valence-corrected chi connectivity index (χ3v) is 4.25. The Morgan fingerprint density at radius 2 is 1.41 bits per heavy atom. The van der Waals surface area contributed by atoms with Crippen molar-refractivity contribution in [2.24, 2.45) is 0 Å². The number of anilines is 2. The third-order valence-electron chi connectivity index (χ3n) is 4.25. The van der Waals surface area contributed by atoms with Crippen molar-refractivity contribution in [3.05, 3.63) is 89.5 Å². The SMILES string of the molecule is CCCOc1ccc(C(=O)Nc2cccc(C(=O)Nc3cccc(C)c3)c2)cc1. The van der Waals surface area contributed by atoms with E-state index in [2.05, 4.69) is 10.6 Å². The van der Waals surface area contributed by atoms with Crippen LogP contribution in [-0.4, -0.2) is 18.4 Å². The van der Waals surface area contributed by atoms with Crippen molar-refractivity contribution in [3.8, 4) is 5.75 Å². The average molecular weight is 388 g/mol. The maximum Gasteiger partial charge on any atom is 0.255 e. The number of amides is 2. The minimum atomic E-state index is -0.247. The predicted octanol–water partition coefficient (Wildman–Crippen LogP) is 5.29. The Hall–Kier alpha value is -3.60. The van der Waals surface area contributed by atoms with Crippen molar-refractivity contribution < 1.29 is 14.3 Å². The fourth-order valence-electron chi connectivity index (χ4n) is 2.79. The molecule has 2 amide bonds. The standard InChI is InChI=1S/C24H24N2O3/c1-3-14-29-22-12-10-18(11-13-22)23(27)26-21-9-5-7-19(16-21)24(28)25-20-8-4-6-17(2)15-20/h4-13,15-16H,3,14H2,1-2H3,(H,25,28)(H,26,27). The lowest BCUT2D eigenvalue weighted by atomic mass is 10.1. The Labute approximate surface area is 170 Å². The molecule has 0 aromatic heterocycles. The lowest BCUT2D eigenvalue weighted by Gasteiger charge is -2.10. The van der Waals surface area contributed by atoms with Crippen LogP contribution < -0.4 is 15.4 Å². The molecule has 148 valence electrons. The van der Waals surface area contributed by atoms with Gasteiger partial charge >= 0.3 is 0 Å². The fraction of sp³-hybridized carbons (Fsp3) is 0.167. The Morgan fingerprint density at radius 1 is 0.793 bits per heavy atom. The number of aryl methyl sites for hydroxylation is 1. The summed E-state index contributed by atoms with van der Waals surface area (Å²) in [5.74, 6) is 0.255. The van der Waals surface area contributed by atoms with Crippen molar-refractivity contribution in [1.82, 2.24) is 0 Å². The van der Waals surface area contributed by atoms with Gasteiger partial charge in [0.25, 0.3) is 11.8 Å². The second-order valence-electron chi connectivity index (χ2n) is 6.73. The second-order valence-corrected chi connectivity index (χ2v) is 6.73. The highest BCUT2D eigenvalue weighted by atomic mass is 16.5. The van der Waals surface area contributed by atoms with Gasteiger partial charge in [-0.2, -0.15) is 0 Å². The Balaban J connectivity index is 1.66. The van der Waals surface area contributed by atoms with E-state index in [1.807, 2.05) is 38.1 Å². The quantitative estimate of drug-likeness (QED) is 0.578. The van der Waals surface area contributed by atoms with E-state index < -0.39 is 0 Å². The normalized spacial score (nSPS) is 10.3. The van der Waals surface area contributed by atoms with E-state index in [9.17, 15) is 9.59 Å². The summed E-state index contributed by atoms with van der Waals surface area (Å²) in [5, 5.41) is 5.70. The molecule has 3 rings (SSSR count). The summed E-state index contributed by atoms with van der Waals surface area (Å²) in [4.78, 5) is 25.0.